The van der Waals surface area contributed by atoms with Crippen molar-refractivity contribution in [2.24, 2.45) is 0 Å². The summed E-state index contributed by atoms with van der Waals surface area (Å²) < 4.78 is 8.72. The number of carbonyl (C=O) groups excluding carboxylic acids is 1. The van der Waals surface area contributed by atoms with Crippen LogP contribution in [-0.4, -0.2) is 31.7 Å². The van der Waals surface area contributed by atoms with E-state index in [4.69, 9.17) is 16.3 Å². The van der Waals surface area contributed by atoms with Crippen molar-refractivity contribution >= 4 is 40.7 Å². The molecule has 0 aliphatic carbocycles. The lowest BCUT2D eigenvalue weighted by Crippen LogP contribution is -2.22. The molecule has 0 saturated carbocycles. The Hall–Kier alpha value is -3.30. The summed E-state index contributed by atoms with van der Waals surface area (Å²) in [5.74, 6) is 0.957. The quantitative estimate of drug-likeness (QED) is 0.373. The Morgan fingerprint density at radius 1 is 1.18 bits per heavy atom. The second kappa shape index (κ2) is 10.1. The molecule has 4 rings (SSSR count). The van der Waals surface area contributed by atoms with E-state index in [1.807, 2.05) is 38.1 Å². The van der Waals surface area contributed by atoms with Crippen molar-refractivity contribution in [2.75, 3.05) is 11.9 Å². The summed E-state index contributed by atoms with van der Waals surface area (Å²) in [5, 5.41) is 3.31. The summed E-state index contributed by atoms with van der Waals surface area (Å²) in [6.07, 6.45) is 1.61. The molecule has 0 aliphatic heterocycles. The van der Waals surface area contributed by atoms with Crippen LogP contribution in [0.25, 0.3) is 5.78 Å². The first-order valence-corrected chi connectivity index (χ1v) is 11.6. The van der Waals surface area contributed by atoms with E-state index in [-0.39, 0.29) is 24.1 Å². The average molecular weight is 484 g/mol. The van der Waals surface area contributed by atoms with Gasteiger partial charge in [-0.1, -0.05) is 35.9 Å². The number of fused-ring (bicyclic) bond motifs is 1. The molecule has 0 bridgehead atoms. The molecule has 8 nitrogen and oxygen atoms in total. The van der Waals surface area contributed by atoms with Gasteiger partial charge in [0.1, 0.15) is 12.1 Å². The van der Waals surface area contributed by atoms with E-state index in [0.717, 1.165) is 4.90 Å². The number of benzene rings is 2. The molecule has 1 amide bonds. The fraction of sp³-hybridized carbons (Fsp3) is 0.217. The molecule has 0 aliphatic rings. The minimum atomic E-state index is -0.306. The fourth-order valence-corrected chi connectivity index (χ4v) is 4.24. The number of rotatable bonds is 8. The van der Waals surface area contributed by atoms with Gasteiger partial charge in [0.05, 0.1) is 16.4 Å². The highest BCUT2D eigenvalue weighted by Gasteiger charge is 2.12. The summed E-state index contributed by atoms with van der Waals surface area (Å²) in [4.78, 5) is 34.6. The minimum absolute atomic E-state index is 0.0899. The number of carbonyl (C=O) groups is 1. The number of nitrogens with one attached hydrogen (secondary N) is 1. The summed E-state index contributed by atoms with van der Waals surface area (Å²) in [6, 6.07) is 16.0. The lowest BCUT2D eigenvalue weighted by molar-refractivity contribution is -0.118. The summed E-state index contributed by atoms with van der Waals surface area (Å²) in [7, 11) is 0. The lowest BCUT2D eigenvalue weighted by atomic mass is 10.3. The molecule has 0 saturated heterocycles. The first-order chi connectivity index (χ1) is 15.9. The Labute approximate surface area is 199 Å². The topological polar surface area (TPSA) is 90.5 Å². The first-order valence-electron chi connectivity index (χ1n) is 10.3. The number of thioether (sulfide) groups is 1. The van der Waals surface area contributed by atoms with Crippen LogP contribution in [0.3, 0.4) is 0 Å². The molecule has 33 heavy (non-hydrogen) atoms. The molecular formula is C23H22ClN5O3S. The third-order valence-electron chi connectivity index (χ3n) is 4.72. The van der Waals surface area contributed by atoms with Crippen LogP contribution in [0.1, 0.15) is 25.6 Å². The molecule has 0 radical (unpaired) electrons. The summed E-state index contributed by atoms with van der Waals surface area (Å²) in [6.45, 7) is 3.78. The maximum atomic E-state index is 12.6. The third kappa shape index (κ3) is 5.37. The van der Waals surface area contributed by atoms with Crippen molar-refractivity contribution < 1.29 is 9.53 Å². The highest BCUT2D eigenvalue weighted by molar-refractivity contribution is 7.98. The second-order valence-electron chi connectivity index (χ2n) is 7.47. The Balaban J connectivity index is 1.43. The van der Waals surface area contributed by atoms with Crippen molar-refractivity contribution in [3.05, 3.63) is 82.0 Å². The Morgan fingerprint density at radius 3 is 2.73 bits per heavy atom. The molecule has 10 heteroatoms. The van der Waals surface area contributed by atoms with Crippen molar-refractivity contribution in [2.45, 2.75) is 30.5 Å². The molecule has 0 fully saturated rings. The van der Waals surface area contributed by atoms with Crippen LogP contribution in [0.4, 0.5) is 5.69 Å². The molecule has 0 unspecified atom stereocenters. The fourth-order valence-electron chi connectivity index (χ4n) is 3.15. The molecule has 2 aromatic carbocycles. The Morgan fingerprint density at radius 2 is 1.94 bits per heavy atom. The number of hydrogen-bond acceptors (Lipinski definition) is 6. The zero-order chi connectivity index (χ0) is 23.4. The van der Waals surface area contributed by atoms with Gasteiger partial charge in [0.15, 0.2) is 6.61 Å². The molecular weight excluding hydrogens is 462 g/mol. The van der Waals surface area contributed by atoms with Crippen molar-refractivity contribution in [3.8, 4) is 5.75 Å². The normalized spacial score (nSPS) is 11.2. The average Bonchev–Trinajstić information content (AvgIpc) is 3.23. The van der Waals surface area contributed by atoms with Crippen molar-refractivity contribution in [1.29, 1.82) is 0 Å². The van der Waals surface area contributed by atoms with E-state index in [2.05, 4.69) is 15.3 Å². The largest absolute Gasteiger partial charge is 0.482 e. The highest BCUT2D eigenvalue weighted by Crippen LogP contribution is 2.29. The number of amides is 1. The highest BCUT2D eigenvalue weighted by atomic mass is 35.5. The summed E-state index contributed by atoms with van der Waals surface area (Å²) >= 11 is 7.53. The van der Waals surface area contributed by atoms with Crippen LogP contribution < -0.4 is 15.6 Å². The van der Waals surface area contributed by atoms with Crippen LogP contribution in [-0.2, 0) is 10.5 Å². The summed E-state index contributed by atoms with van der Waals surface area (Å²) in [5.41, 5.74) is 1.08. The van der Waals surface area contributed by atoms with Gasteiger partial charge in [0, 0.05) is 22.8 Å². The number of hydrogen-bond donors (Lipinski definition) is 1. The van der Waals surface area contributed by atoms with E-state index < -0.39 is 0 Å². The minimum Gasteiger partial charge on any atom is -0.482 e. The van der Waals surface area contributed by atoms with Crippen LogP contribution >= 0.6 is 23.4 Å². The Bertz CT molecular complexity index is 1350. The van der Waals surface area contributed by atoms with Gasteiger partial charge in [0.25, 0.3) is 17.2 Å². The molecule has 4 aromatic rings. The molecule has 0 spiro atoms. The van der Waals surface area contributed by atoms with Crippen LogP contribution in [0, 0.1) is 0 Å². The van der Waals surface area contributed by atoms with Gasteiger partial charge >= 0.3 is 0 Å². The molecule has 1 N–H and O–H groups in total. The van der Waals surface area contributed by atoms with Crippen LogP contribution in [0.15, 0.2) is 70.6 Å². The second-order valence-corrected chi connectivity index (χ2v) is 8.89. The molecule has 170 valence electrons. The number of halogens is 1. The molecule has 0 atom stereocenters. The van der Waals surface area contributed by atoms with Gasteiger partial charge in [-0.3, -0.25) is 14.3 Å². The van der Waals surface area contributed by atoms with E-state index in [1.165, 1.54) is 22.3 Å². The molecule has 2 aromatic heterocycles. The number of anilines is 1. The number of aromatic nitrogens is 4. The zero-order valence-corrected chi connectivity index (χ0v) is 19.6. The maximum Gasteiger partial charge on any atom is 0.274 e. The predicted octanol–water partition coefficient (Wildman–Crippen LogP) is 4.44. The van der Waals surface area contributed by atoms with Gasteiger partial charge in [0.2, 0.25) is 0 Å². The Kier molecular flexibility index (Phi) is 7.00. The number of nitrogens with zero attached hydrogens (tertiary/aromatic N) is 4. The monoisotopic (exact) mass is 483 g/mol. The van der Waals surface area contributed by atoms with Gasteiger partial charge in [-0.2, -0.15) is 9.50 Å². The SMILES string of the molecule is CC(C)n1cnc2nc(CSc3ccccc3NC(=O)COc3ccccc3Cl)cc(=O)n21. The third-order valence-corrected chi connectivity index (χ3v) is 6.13. The van der Waals surface area contributed by atoms with Crippen molar-refractivity contribution in [3.63, 3.8) is 0 Å². The van der Waals surface area contributed by atoms with Crippen molar-refractivity contribution in [1.82, 2.24) is 19.2 Å². The smallest absolute Gasteiger partial charge is 0.274 e. The number of ether oxygens (including phenoxy) is 1. The van der Waals surface area contributed by atoms with Gasteiger partial charge in [-0.15, -0.1) is 11.8 Å². The number of para-hydroxylation sites is 2. The standard InChI is InChI=1S/C23H22ClN5O3S/c1-15(2)28-14-25-23-26-16(11-22(31)29(23)28)13-33-20-10-6-4-8-18(20)27-21(30)12-32-19-9-5-3-7-17(19)24/h3-11,14-15H,12-13H2,1-2H3,(H,27,30). The van der Waals surface area contributed by atoms with Gasteiger partial charge in [-0.25, -0.2) is 4.98 Å². The van der Waals surface area contributed by atoms with Crippen LogP contribution in [0.2, 0.25) is 5.02 Å². The predicted molar refractivity (Wildman–Crippen MR) is 129 cm³/mol. The first kappa shape index (κ1) is 22.9. The molecule has 2 heterocycles. The van der Waals surface area contributed by atoms with Crippen LogP contribution in [0.5, 0.6) is 5.75 Å². The van der Waals surface area contributed by atoms with E-state index in [0.29, 0.717) is 33.7 Å². The van der Waals surface area contributed by atoms with E-state index in [1.54, 1.807) is 35.3 Å². The van der Waals surface area contributed by atoms with Gasteiger partial charge < -0.3 is 10.1 Å². The van der Waals surface area contributed by atoms with E-state index in [9.17, 15) is 9.59 Å². The maximum absolute atomic E-state index is 12.6. The van der Waals surface area contributed by atoms with Gasteiger partial charge in [-0.05, 0) is 38.1 Å². The zero-order valence-electron chi connectivity index (χ0n) is 18.1. The van der Waals surface area contributed by atoms with E-state index >= 15 is 0 Å². The lowest BCUT2D eigenvalue weighted by Gasteiger charge is -2.12.